The molecule has 98 valence electrons. The van der Waals surface area contributed by atoms with E-state index in [1.807, 2.05) is 12.3 Å². The zero-order chi connectivity index (χ0) is 13.0. The molecule has 1 fully saturated rings. The Bertz CT molecular complexity index is 408. The summed E-state index contributed by atoms with van der Waals surface area (Å²) >= 11 is 0. The Morgan fingerprint density at radius 2 is 2.39 bits per heavy atom. The zero-order valence-electron chi connectivity index (χ0n) is 11.1. The van der Waals surface area contributed by atoms with E-state index in [1.54, 1.807) is 6.20 Å². The highest BCUT2D eigenvalue weighted by Gasteiger charge is 2.38. The molecule has 2 heterocycles. The first-order valence-corrected chi connectivity index (χ1v) is 6.47. The molecule has 2 atom stereocenters. The fraction of sp³-hybridized carbons (Fsp3) is 0.571. The summed E-state index contributed by atoms with van der Waals surface area (Å²) in [5, 5.41) is 0. The number of esters is 1. The standard InChI is InChI=1S/C14H21N2O2/c1-16(11-14(17)18-2)9-4-3-7-13(16)12-6-5-8-15-10-12/h5-6,8,10,13H,3-4,7,9,11H2,1-2H3/q+1/t13-,16?/m0/s1. The highest BCUT2D eigenvalue weighted by molar-refractivity contribution is 5.70. The third-order valence-corrected chi connectivity index (χ3v) is 3.94. The SMILES string of the molecule is COC(=O)C[N+]1(C)CCCC[C@H]1c1cccnc1. The minimum absolute atomic E-state index is 0.131. The third-order valence-electron chi connectivity index (χ3n) is 3.94. The van der Waals surface area contributed by atoms with Crippen molar-refractivity contribution in [1.29, 1.82) is 0 Å². The Hall–Kier alpha value is -1.42. The predicted octanol–water partition coefficient (Wildman–Crippen LogP) is 1.93. The molecule has 1 aromatic heterocycles. The number of likely N-dealkylation sites (N-methyl/N-ethyl adjacent to an activating group) is 1. The lowest BCUT2D eigenvalue weighted by molar-refractivity contribution is -0.937. The highest BCUT2D eigenvalue weighted by Crippen LogP contribution is 2.35. The zero-order valence-corrected chi connectivity index (χ0v) is 11.1. The fourth-order valence-electron chi connectivity index (χ4n) is 2.93. The van der Waals surface area contributed by atoms with E-state index in [0.717, 1.165) is 17.4 Å². The van der Waals surface area contributed by atoms with Crippen molar-refractivity contribution in [2.24, 2.45) is 0 Å². The predicted molar refractivity (Wildman–Crippen MR) is 68.8 cm³/mol. The molecule has 0 spiro atoms. The van der Waals surface area contributed by atoms with Crippen LogP contribution in [0.4, 0.5) is 0 Å². The van der Waals surface area contributed by atoms with Gasteiger partial charge in [-0.3, -0.25) is 4.98 Å². The molecule has 1 unspecified atom stereocenters. The lowest BCUT2D eigenvalue weighted by Gasteiger charge is -2.44. The molecule has 4 nitrogen and oxygen atoms in total. The molecule has 0 saturated carbocycles. The molecule has 1 aliphatic heterocycles. The Kier molecular flexibility index (Phi) is 3.97. The molecule has 0 radical (unpaired) electrons. The monoisotopic (exact) mass is 249 g/mol. The summed E-state index contributed by atoms with van der Waals surface area (Å²) in [6.07, 6.45) is 7.21. The minimum atomic E-state index is -0.131. The van der Waals surface area contributed by atoms with E-state index in [4.69, 9.17) is 4.74 Å². The number of carbonyl (C=O) groups is 1. The van der Waals surface area contributed by atoms with Gasteiger partial charge in [0.2, 0.25) is 0 Å². The number of hydrogen-bond acceptors (Lipinski definition) is 3. The maximum atomic E-state index is 11.6. The molecule has 0 amide bonds. The van der Waals surface area contributed by atoms with Crippen LogP contribution in [0.2, 0.25) is 0 Å². The van der Waals surface area contributed by atoms with Crippen LogP contribution in [0.3, 0.4) is 0 Å². The van der Waals surface area contributed by atoms with E-state index in [1.165, 1.54) is 25.5 Å². The van der Waals surface area contributed by atoms with E-state index in [-0.39, 0.29) is 5.97 Å². The van der Waals surface area contributed by atoms with Gasteiger partial charge in [-0.2, -0.15) is 0 Å². The number of aromatic nitrogens is 1. The molecule has 0 bridgehead atoms. The van der Waals surface area contributed by atoms with E-state index in [0.29, 0.717) is 12.6 Å². The number of nitrogens with zero attached hydrogens (tertiary/aromatic N) is 2. The van der Waals surface area contributed by atoms with Crippen LogP contribution in [0.5, 0.6) is 0 Å². The summed E-state index contributed by atoms with van der Waals surface area (Å²) in [5.41, 5.74) is 1.23. The van der Waals surface area contributed by atoms with Gasteiger partial charge in [0, 0.05) is 24.4 Å². The second kappa shape index (κ2) is 5.48. The van der Waals surface area contributed by atoms with Gasteiger partial charge in [0.15, 0.2) is 6.54 Å². The number of hydrogen-bond donors (Lipinski definition) is 0. The Labute approximate surface area is 108 Å². The van der Waals surface area contributed by atoms with Crippen molar-refractivity contribution >= 4 is 5.97 Å². The number of methoxy groups -OCH3 is 1. The average Bonchev–Trinajstić information content (AvgIpc) is 2.39. The van der Waals surface area contributed by atoms with Crippen molar-refractivity contribution in [2.75, 3.05) is 27.2 Å². The summed E-state index contributed by atoms with van der Waals surface area (Å²) in [5.74, 6) is -0.131. The van der Waals surface area contributed by atoms with Crippen molar-refractivity contribution in [1.82, 2.24) is 4.98 Å². The van der Waals surface area contributed by atoms with Gasteiger partial charge in [-0.05, 0) is 18.9 Å². The second-order valence-electron chi connectivity index (χ2n) is 5.24. The molecular formula is C14H21N2O2+. The number of quaternary nitrogens is 1. The van der Waals surface area contributed by atoms with Gasteiger partial charge >= 0.3 is 5.97 Å². The Balaban J connectivity index is 2.22. The number of ether oxygens (including phenoxy) is 1. The van der Waals surface area contributed by atoms with Crippen LogP contribution >= 0.6 is 0 Å². The highest BCUT2D eigenvalue weighted by atomic mass is 16.5. The van der Waals surface area contributed by atoms with Gasteiger partial charge < -0.3 is 9.22 Å². The molecule has 0 aromatic carbocycles. The second-order valence-corrected chi connectivity index (χ2v) is 5.24. The first kappa shape index (κ1) is 13.0. The quantitative estimate of drug-likeness (QED) is 0.607. The molecule has 4 heteroatoms. The lowest BCUT2D eigenvalue weighted by atomic mass is 9.94. The summed E-state index contributed by atoms with van der Waals surface area (Å²) < 4.78 is 5.57. The van der Waals surface area contributed by atoms with Crippen molar-refractivity contribution in [3.05, 3.63) is 30.1 Å². The maximum absolute atomic E-state index is 11.6. The number of pyridine rings is 1. The third kappa shape index (κ3) is 2.70. The molecule has 1 aromatic rings. The van der Waals surface area contributed by atoms with Gasteiger partial charge in [-0.1, -0.05) is 6.07 Å². The van der Waals surface area contributed by atoms with E-state index in [9.17, 15) is 4.79 Å². The van der Waals surface area contributed by atoms with Gasteiger partial charge in [0.25, 0.3) is 0 Å². The molecule has 18 heavy (non-hydrogen) atoms. The first-order valence-electron chi connectivity index (χ1n) is 6.47. The Morgan fingerprint density at radius 1 is 1.56 bits per heavy atom. The maximum Gasteiger partial charge on any atom is 0.361 e. The van der Waals surface area contributed by atoms with Crippen molar-refractivity contribution in [3.63, 3.8) is 0 Å². The first-order chi connectivity index (χ1) is 8.65. The molecular weight excluding hydrogens is 228 g/mol. The number of likely N-dealkylation sites (tertiary alicyclic amines) is 1. The molecule has 2 rings (SSSR count). The minimum Gasteiger partial charge on any atom is -0.465 e. The summed E-state index contributed by atoms with van der Waals surface area (Å²) in [6.45, 7) is 1.46. The molecule has 0 N–H and O–H groups in total. The van der Waals surface area contributed by atoms with Crippen LogP contribution in [0.1, 0.15) is 30.9 Å². The van der Waals surface area contributed by atoms with Gasteiger partial charge in [0.05, 0.1) is 20.7 Å². The van der Waals surface area contributed by atoms with E-state index in [2.05, 4.69) is 18.1 Å². The van der Waals surface area contributed by atoms with Gasteiger partial charge in [0.1, 0.15) is 6.04 Å². The number of rotatable bonds is 3. The lowest BCUT2D eigenvalue weighted by Crippen LogP contribution is -2.53. The van der Waals surface area contributed by atoms with Gasteiger partial charge in [-0.15, -0.1) is 0 Å². The Morgan fingerprint density at radius 3 is 3.06 bits per heavy atom. The van der Waals surface area contributed by atoms with E-state index >= 15 is 0 Å². The normalized spacial score (nSPS) is 27.8. The fourth-order valence-corrected chi connectivity index (χ4v) is 2.93. The van der Waals surface area contributed by atoms with Crippen molar-refractivity contribution in [3.8, 4) is 0 Å². The summed E-state index contributed by atoms with van der Waals surface area (Å²) in [4.78, 5) is 15.8. The van der Waals surface area contributed by atoms with Gasteiger partial charge in [-0.25, -0.2) is 4.79 Å². The molecule has 0 aliphatic carbocycles. The van der Waals surface area contributed by atoms with Crippen LogP contribution in [0.25, 0.3) is 0 Å². The largest absolute Gasteiger partial charge is 0.465 e. The van der Waals surface area contributed by atoms with Crippen LogP contribution in [-0.2, 0) is 9.53 Å². The average molecular weight is 249 g/mol. The van der Waals surface area contributed by atoms with Crippen LogP contribution < -0.4 is 0 Å². The van der Waals surface area contributed by atoms with Crippen LogP contribution in [-0.4, -0.2) is 42.7 Å². The summed E-state index contributed by atoms with van der Waals surface area (Å²) in [6, 6.07) is 4.43. The van der Waals surface area contributed by atoms with Crippen LogP contribution in [0.15, 0.2) is 24.5 Å². The smallest absolute Gasteiger partial charge is 0.361 e. The molecule has 1 aliphatic rings. The topological polar surface area (TPSA) is 39.2 Å². The number of piperidine rings is 1. The van der Waals surface area contributed by atoms with E-state index < -0.39 is 0 Å². The summed E-state index contributed by atoms with van der Waals surface area (Å²) in [7, 11) is 3.60. The molecule has 1 saturated heterocycles. The number of carbonyl (C=O) groups excluding carboxylic acids is 1. The van der Waals surface area contributed by atoms with Crippen molar-refractivity contribution < 1.29 is 14.0 Å². The van der Waals surface area contributed by atoms with Crippen molar-refractivity contribution in [2.45, 2.75) is 25.3 Å². The van der Waals surface area contributed by atoms with Crippen LogP contribution in [0, 0.1) is 0 Å².